The number of cyclic esters (lactones) is 2. The molecule has 2 fully saturated rings. The van der Waals surface area contributed by atoms with Crippen LogP contribution in [0.1, 0.15) is 38.3 Å². The number of hydrogen-bond donors (Lipinski definition) is 1. The van der Waals surface area contributed by atoms with Crippen LogP contribution in [0.3, 0.4) is 0 Å². The van der Waals surface area contributed by atoms with E-state index >= 15 is 0 Å². The summed E-state index contributed by atoms with van der Waals surface area (Å²) < 4.78 is 37.0. The smallest absolute Gasteiger partial charge is 0.461 e. The summed E-state index contributed by atoms with van der Waals surface area (Å²) in [5.41, 5.74) is 4.38. The van der Waals surface area contributed by atoms with Crippen LogP contribution >= 0.6 is 0 Å². The van der Waals surface area contributed by atoms with Gasteiger partial charge in [-0.3, -0.25) is 9.36 Å². The van der Waals surface area contributed by atoms with Crippen LogP contribution in [0.2, 0.25) is 0 Å². The zero-order valence-corrected chi connectivity index (χ0v) is 16.5. The van der Waals surface area contributed by atoms with Gasteiger partial charge < -0.3 is 24.7 Å². The number of nitrogens with zero attached hydrogens (tertiary/aromatic N) is 4. The number of ether oxygens (including phenoxy) is 4. The number of terminal acetylenes is 1. The summed E-state index contributed by atoms with van der Waals surface area (Å²) in [6, 6.07) is 0. The summed E-state index contributed by atoms with van der Waals surface area (Å²) in [5, 5.41) is 0. The van der Waals surface area contributed by atoms with Gasteiger partial charge in [0.1, 0.15) is 12.8 Å². The lowest BCUT2D eigenvalue weighted by molar-refractivity contribution is -0.157. The zero-order chi connectivity index (χ0) is 22.0. The number of esters is 1. The molecule has 2 saturated heterocycles. The van der Waals surface area contributed by atoms with Gasteiger partial charge >= 0.3 is 18.2 Å². The molecule has 2 aliphatic rings. The number of anilines is 1. The van der Waals surface area contributed by atoms with Gasteiger partial charge in [-0.1, -0.05) is 5.92 Å². The average Bonchev–Trinajstić information content (AvgIpc) is 3.30. The maximum Gasteiger partial charge on any atom is 0.508 e. The van der Waals surface area contributed by atoms with E-state index in [-0.39, 0.29) is 43.0 Å². The van der Waals surface area contributed by atoms with Crippen molar-refractivity contribution in [2.75, 3.05) is 18.9 Å². The molecule has 0 spiro atoms. The molecule has 11 nitrogen and oxygen atoms in total. The van der Waals surface area contributed by atoms with Crippen LogP contribution in [0.5, 0.6) is 0 Å². The fourth-order valence-electron chi connectivity index (χ4n) is 3.58. The van der Waals surface area contributed by atoms with Crippen molar-refractivity contribution in [2.45, 2.75) is 50.0 Å². The Bertz CT molecular complexity index is 1050. The number of fused-ring (bicyclic) bond motifs is 2. The third-order valence-electron chi connectivity index (χ3n) is 5.19. The highest BCUT2D eigenvalue weighted by atomic mass is 19.1. The molecule has 12 heteroatoms. The number of halogens is 1. The first-order valence-corrected chi connectivity index (χ1v) is 9.72. The van der Waals surface area contributed by atoms with E-state index in [4.69, 9.17) is 31.1 Å². The quantitative estimate of drug-likeness (QED) is 0.399. The van der Waals surface area contributed by atoms with Crippen molar-refractivity contribution in [3.05, 3.63) is 12.4 Å². The highest BCUT2D eigenvalue weighted by Gasteiger charge is 2.52. The Labute approximate surface area is 176 Å². The van der Waals surface area contributed by atoms with Gasteiger partial charge in [0.15, 0.2) is 23.1 Å². The second kappa shape index (κ2) is 8.35. The van der Waals surface area contributed by atoms with Gasteiger partial charge in [-0.15, -0.1) is 6.42 Å². The fourth-order valence-corrected chi connectivity index (χ4v) is 3.58. The molecule has 0 saturated carbocycles. The molecular weight excluding hydrogens is 413 g/mol. The average molecular weight is 433 g/mol. The number of carbonyl (C=O) groups excluding carboxylic acids is 2. The lowest BCUT2D eigenvalue weighted by Gasteiger charge is -2.28. The SMILES string of the molecule is C#C[C@@]12COC(=O)CCCCCOC(=O)O[C@H]1C[C@H](n1cnc3c(N)nc(F)nc31)O2. The highest BCUT2D eigenvalue weighted by molar-refractivity contribution is 5.81. The van der Waals surface area contributed by atoms with Crippen LogP contribution in [0.4, 0.5) is 15.0 Å². The first kappa shape index (κ1) is 20.8. The molecule has 31 heavy (non-hydrogen) atoms. The van der Waals surface area contributed by atoms with Gasteiger partial charge in [-0.25, -0.2) is 9.78 Å². The molecule has 0 radical (unpaired) electrons. The lowest BCUT2D eigenvalue weighted by Crippen LogP contribution is -2.45. The highest BCUT2D eigenvalue weighted by Crippen LogP contribution is 2.40. The largest absolute Gasteiger partial charge is 0.508 e. The summed E-state index contributed by atoms with van der Waals surface area (Å²) in [4.78, 5) is 35.5. The zero-order valence-electron chi connectivity index (χ0n) is 16.5. The van der Waals surface area contributed by atoms with E-state index in [1.54, 1.807) is 0 Å². The van der Waals surface area contributed by atoms with Gasteiger partial charge in [0, 0.05) is 12.8 Å². The fraction of sp³-hybridized carbons (Fsp3) is 0.526. The molecular formula is C19H20FN5O6. The molecule has 3 atom stereocenters. The molecule has 2 aliphatic heterocycles. The molecule has 2 aromatic heterocycles. The van der Waals surface area contributed by atoms with E-state index in [1.807, 2.05) is 0 Å². The Morgan fingerprint density at radius 1 is 1.26 bits per heavy atom. The molecule has 2 N–H and O–H groups in total. The normalized spacial score (nSPS) is 27.6. The minimum Gasteiger partial charge on any atom is -0.461 e. The molecule has 0 amide bonds. The molecule has 0 unspecified atom stereocenters. The first-order valence-electron chi connectivity index (χ1n) is 9.72. The number of carbonyl (C=O) groups is 2. The topological polar surface area (TPSA) is 141 Å². The lowest BCUT2D eigenvalue weighted by atomic mass is 9.98. The van der Waals surface area contributed by atoms with Crippen LogP contribution in [0, 0.1) is 18.4 Å². The Kier molecular flexibility index (Phi) is 5.60. The summed E-state index contributed by atoms with van der Waals surface area (Å²) >= 11 is 0. The molecule has 4 heterocycles. The van der Waals surface area contributed by atoms with E-state index in [0.29, 0.717) is 19.3 Å². The third-order valence-corrected chi connectivity index (χ3v) is 5.19. The predicted molar refractivity (Wildman–Crippen MR) is 102 cm³/mol. The molecule has 0 aliphatic carbocycles. The van der Waals surface area contributed by atoms with Crippen molar-refractivity contribution >= 4 is 29.1 Å². The van der Waals surface area contributed by atoms with Crippen LogP contribution in [-0.2, 0) is 23.7 Å². The van der Waals surface area contributed by atoms with Crippen LogP contribution in [-0.4, -0.2) is 56.6 Å². The molecule has 0 bridgehead atoms. The third kappa shape index (κ3) is 4.09. The van der Waals surface area contributed by atoms with Gasteiger partial charge in [0.25, 0.3) is 0 Å². The Hall–Kier alpha value is -3.46. The van der Waals surface area contributed by atoms with Crippen molar-refractivity contribution in [3.63, 3.8) is 0 Å². The van der Waals surface area contributed by atoms with Crippen LogP contribution < -0.4 is 5.73 Å². The Balaban J connectivity index is 1.66. The standard InChI is InChI=1S/C19H20FN5O6/c1-2-19-9-29-13(26)6-4-3-5-7-28-18(27)30-11(19)8-12(31-19)25-10-22-14-15(21)23-17(20)24-16(14)25/h1,10-12H,3-9H2,(H2,21,23,24)/t11-,12+,19+/m0/s1. The van der Waals surface area contributed by atoms with Gasteiger partial charge in [-0.2, -0.15) is 14.4 Å². The van der Waals surface area contributed by atoms with E-state index in [0.717, 1.165) is 0 Å². The Morgan fingerprint density at radius 3 is 2.90 bits per heavy atom. The van der Waals surface area contributed by atoms with Crippen molar-refractivity contribution < 1.29 is 32.9 Å². The molecule has 4 rings (SSSR count). The monoisotopic (exact) mass is 433 g/mol. The number of rotatable bonds is 1. The first-order chi connectivity index (χ1) is 14.9. The predicted octanol–water partition coefficient (Wildman–Crippen LogP) is 1.48. The summed E-state index contributed by atoms with van der Waals surface area (Å²) in [6.45, 7) is -0.190. The van der Waals surface area contributed by atoms with Crippen LogP contribution in [0.25, 0.3) is 11.2 Å². The van der Waals surface area contributed by atoms with Crippen molar-refractivity contribution in [1.29, 1.82) is 0 Å². The maximum absolute atomic E-state index is 13.7. The minimum absolute atomic E-state index is 0.0494. The number of aromatic nitrogens is 4. The van der Waals surface area contributed by atoms with Gasteiger partial charge in [-0.05, 0) is 19.3 Å². The van der Waals surface area contributed by atoms with Crippen LogP contribution in [0.15, 0.2) is 6.33 Å². The maximum atomic E-state index is 13.7. The van der Waals surface area contributed by atoms with E-state index in [1.165, 1.54) is 10.9 Å². The van der Waals surface area contributed by atoms with Crippen molar-refractivity contribution in [2.24, 2.45) is 0 Å². The summed E-state index contributed by atoms with van der Waals surface area (Å²) in [7, 11) is 0. The summed E-state index contributed by atoms with van der Waals surface area (Å²) in [6.07, 6.45) is 5.36. The van der Waals surface area contributed by atoms with Crippen molar-refractivity contribution in [1.82, 2.24) is 19.5 Å². The number of imidazole rings is 1. The Morgan fingerprint density at radius 2 is 2.10 bits per heavy atom. The van der Waals surface area contributed by atoms with Crippen molar-refractivity contribution in [3.8, 4) is 12.3 Å². The van der Waals surface area contributed by atoms with Gasteiger partial charge in [0.05, 0.1) is 12.9 Å². The number of hydrogen-bond acceptors (Lipinski definition) is 10. The van der Waals surface area contributed by atoms with E-state index in [2.05, 4.69) is 20.9 Å². The van der Waals surface area contributed by atoms with E-state index < -0.39 is 36.1 Å². The second-order valence-corrected chi connectivity index (χ2v) is 7.22. The van der Waals surface area contributed by atoms with E-state index in [9.17, 15) is 14.0 Å². The van der Waals surface area contributed by atoms with Gasteiger partial charge in [0.2, 0.25) is 5.60 Å². The minimum atomic E-state index is -1.58. The molecule has 164 valence electrons. The molecule has 2 aromatic rings. The summed E-state index contributed by atoms with van der Waals surface area (Å²) in [5.74, 6) is 1.87. The second-order valence-electron chi connectivity index (χ2n) is 7.22. The number of nitrogen functional groups attached to an aromatic ring is 1. The number of nitrogens with two attached hydrogens (primary N) is 1. The molecule has 0 aromatic carbocycles.